The number of fused-ring (bicyclic) bond motifs is 1. The van der Waals surface area contributed by atoms with Gasteiger partial charge in [-0.15, -0.1) is 5.10 Å². The Hall–Kier alpha value is -1.36. The lowest BCUT2D eigenvalue weighted by molar-refractivity contribution is 0.712. The fourth-order valence-electron chi connectivity index (χ4n) is 2.10. The molecule has 0 saturated heterocycles. The minimum atomic E-state index is 0.640. The van der Waals surface area contributed by atoms with Gasteiger partial charge in [-0.2, -0.15) is 4.98 Å². The average Bonchev–Trinajstić information content (AvgIpc) is 2.81. The van der Waals surface area contributed by atoms with Gasteiger partial charge in [0.1, 0.15) is 0 Å². The molecule has 0 aliphatic carbocycles. The fraction of sp³-hybridized carbons (Fsp3) is 0.273. The predicted molar refractivity (Wildman–Crippen MR) is 65.0 cm³/mol. The molecule has 3 rings (SSSR count). The molecule has 0 atom stereocenters. The van der Waals surface area contributed by atoms with Crippen molar-refractivity contribution in [2.45, 2.75) is 13.1 Å². The van der Waals surface area contributed by atoms with E-state index in [1.54, 1.807) is 4.68 Å². The Balaban J connectivity index is 1.94. The predicted octanol–water partition coefficient (Wildman–Crippen LogP) is 2.10. The number of aromatic nitrogens is 3. The Kier molecular flexibility index (Phi) is 2.21. The van der Waals surface area contributed by atoms with Crippen molar-refractivity contribution >= 4 is 21.9 Å². The van der Waals surface area contributed by atoms with Crippen LogP contribution >= 0.6 is 15.9 Å². The Morgan fingerprint density at radius 1 is 1.19 bits per heavy atom. The van der Waals surface area contributed by atoms with Crippen molar-refractivity contribution in [2.24, 2.45) is 7.05 Å². The van der Waals surface area contributed by atoms with Crippen LogP contribution < -0.4 is 4.90 Å². The number of benzene rings is 1. The van der Waals surface area contributed by atoms with E-state index in [-0.39, 0.29) is 0 Å². The molecule has 0 saturated carbocycles. The van der Waals surface area contributed by atoms with Gasteiger partial charge in [0.2, 0.25) is 10.7 Å². The molecule has 1 aromatic heterocycles. The Labute approximate surface area is 102 Å². The molecule has 82 valence electrons. The molecule has 0 radical (unpaired) electrons. The highest BCUT2D eigenvalue weighted by Crippen LogP contribution is 2.26. The Morgan fingerprint density at radius 2 is 1.81 bits per heavy atom. The maximum atomic E-state index is 4.37. The molecule has 0 bridgehead atoms. The fourth-order valence-corrected chi connectivity index (χ4v) is 2.49. The van der Waals surface area contributed by atoms with Crippen LogP contribution in [0.5, 0.6) is 0 Å². The van der Waals surface area contributed by atoms with Crippen molar-refractivity contribution in [1.29, 1.82) is 0 Å². The number of halogens is 1. The molecule has 0 spiro atoms. The summed E-state index contributed by atoms with van der Waals surface area (Å²) < 4.78 is 2.44. The second kappa shape index (κ2) is 3.59. The maximum Gasteiger partial charge on any atom is 0.225 e. The van der Waals surface area contributed by atoms with Crippen molar-refractivity contribution in [3.63, 3.8) is 0 Å². The van der Waals surface area contributed by atoms with Crippen molar-refractivity contribution < 1.29 is 0 Å². The van der Waals surface area contributed by atoms with Gasteiger partial charge in [-0.3, -0.25) is 0 Å². The van der Waals surface area contributed by atoms with E-state index in [2.05, 4.69) is 55.2 Å². The van der Waals surface area contributed by atoms with Gasteiger partial charge in [-0.05, 0) is 27.1 Å². The van der Waals surface area contributed by atoms with Gasteiger partial charge in [0.05, 0.1) is 0 Å². The first-order chi connectivity index (χ1) is 7.74. The third-order valence-corrected chi connectivity index (χ3v) is 3.17. The van der Waals surface area contributed by atoms with Gasteiger partial charge in [-0.1, -0.05) is 24.3 Å². The molecule has 16 heavy (non-hydrogen) atoms. The van der Waals surface area contributed by atoms with Gasteiger partial charge in [-0.25, -0.2) is 4.68 Å². The molecule has 0 N–H and O–H groups in total. The van der Waals surface area contributed by atoms with Crippen LogP contribution in [0.15, 0.2) is 29.0 Å². The molecule has 0 fully saturated rings. The zero-order valence-electron chi connectivity index (χ0n) is 8.89. The third kappa shape index (κ3) is 1.51. The van der Waals surface area contributed by atoms with Crippen molar-refractivity contribution in [1.82, 2.24) is 14.8 Å². The first kappa shape index (κ1) is 9.84. The third-order valence-electron chi connectivity index (χ3n) is 2.84. The molecule has 2 heterocycles. The largest absolute Gasteiger partial charge is 0.332 e. The second-order valence-corrected chi connectivity index (χ2v) is 4.64. The highest BCUT2D eigenvalue weighted by Gasteiger charge is 2.22. The van der Waals surface area contributed by atoms with E-state index in [1.807, 2.05) is 7.05 Å². The summed E-state index contributed by atoms with van der Waals surface area (Å²) in [5, 5.41) is 4.20. The number of aryl methyl sites for hydroxylation is 1. The molecule has 1 aliphatic heterocycles. The summed E-state index contributed by atoms with van der Waals surface area (Å²) in [4.78, 5) is 6.59. The zero-order valence-corrected chi connectivity index (χ0v) is 10.5. The monoisotopic (exact) mass is 278 g/mol. The van der Waals surface area contributed by atoms with E-state index < -0.39 is 0 Å². The quantitative estimate of drug-likeness (QED) is 0.801. The van der Waals surface area contributed by atoms with E-state index in [4.69, 9.17) is 0 Å². The van der Waals surface area contributed by atoms with Crippen LogP contribution in [0.1, 0.15) is 11.1 Å². The van der Waals surface area contributed by atoms with E-state index in [1.165, 1.54) is 11.1 Å². The summed E-state index contributed by atoms with van der Waals surface area (Å²) in [6, 6.07) is 8.49. The molecule has 1 aromatic carbocycles. The van der Waals surface area contributed by atoms with Gasteiger partial charge in [0, 0.05) is 20.1 Å². The number of hydrogen-bond acceptors (Lipinski definition) is 3. The highest BCUT2D eigenvalue weighted by molar-refractivity contribution is 9.10. The van der Waals surface area contributed by atoms with Crippen molar-refractivity contribution in [2.75, 3.05) is 4.90 Å². The van der Waals surface area contributed by atoms with Crippen molar-refractivity contribution in [3.8, 4) is 0 Å². The minimum absolute atomic E-state index is 0.640. The SMILES string of the molecule is Cn1nc(Br)nc1N1Cc2ccccc2C1. The van der Waals surface area contributed by atoms with Crippen LogP contribution in [0.2, 0.25) is 0 Å². The summed E-state index contributed by atoms with van der Waals surface area (Å²) in [5.41, 5.74) is 2.75. The molecular weight excluding hydrogens is 268 g/mol. The lowest BCUT2D eigenvalue weighted by Crippen LogP contribution is -2.18. The smallest absolute Gasteiger partial charge is 0.225 e. The van der Waals surface area contributed by atoms with Crippen LogP contribution in [-0.2, 0) is 20.1 Å². The normalized spacial score (nSPS) is 14.2. The summed E-state index contributed by atoms with van der Waals surface area (Å²) in [6.07, 6.45) is 0. The number of hydrogen-bond donors (Lipinski definition) is 0. The molecule has 0 unspecified atom stereocenters. The van der Waals surface area contributed by atoms with E-state index >= 15 is 0 Å². The van der Waals surface area contributed by atoms with Gasteiger partial charge in [0.15, 0.2) is 0 Å². The summed E-state index contributed by atoms with van der Waals surface area (Å²) >= 11 is 3.30. The Bertz CT molecular complexity index is 510. The molecular formula is C11H11BrN4. The number of nitrogens with zero attached hydrogens (tertiary/aromatic N) is 4. The van der Waals surface area contributed by atoms with Crippen LogP contribution in [0.4, 0.5) is 5.95 Å². The Morgan fingerprint density at radius 3 is 2.31 bits per heavy atom. The highest BCUT2D eigenvalue weighted by atomic mass is 79.9. The molecule has 4 nitrogen and oxygen atoms in total. The molecule has 5 heteroatoms. The molecule has 0 amide bonds. The van der Waals surface area contributed by atoms with Crippen LogP contribution in [0, 0.1) is 0 Å². The first-order valence-electron chi connectivity index (χ1n) is 5.12. The molecule has 2 aromatic rings. The van der Waals surface area contributed by atoms with Gasteiger partial charge >= 0.3 is 0 Å². The van der Waals surface area contributed by atoms with Crippen LogP contribution in [-0.4, -0.2) is 14.8 Å². The summed E-state index contributed by atoms with van der Waals surface area (Å²) in [6.45, 7) is 1.82. The maximum absolute atomic E-state index is 4.37. The van der Waals surface area contributed by atoms with Gasteiger partial charge < -0.3 is 4.90 Å². The van der Waals surface area contributed by atoms with Crippen molar-refractivity contribution in [3.05, 3.63) is 40.1 Å². The first-order valence-corrected chi connectivity index (χ1v) is 5.91. The number of rotatable bonds is 1. The van der Waals surface area contributed by atoms with Gasteiger partial charge in [0.25, 0.3) is 0 Å². The van der Waals surface area contributed by atoms with E-state index in [9.17, 15) is 0 Å². The lowest BCUT2D eigenvalue weighted by Gasteiger charge is -2.14. The van der Waals surface area contributed by atoms with E-state index in [0.717, 1.165) is 19.0 Å². The summed E-state index contributed by atoms with van der Waals surface area (Å²) in [7, 11) is 1.91. The molecule has 1 aliphatic rings. The standard InChI is InChI=1S/C11H11BrN4/c1-15-11(13-10(12)14-15)16-6-8-4-2-3-5-9(8)7-16/h2-5H,6-7H2,1H3. The summed E-state index contributed by atoms with van der Waals surface area (Å²) in [5.74, 6) is 0.906. The number of anilines is 1. The lowest BCUT2D eigenvalue weighted by atomic mass is 10.1. The zero-order chi connectivity index (χ0) is 11.1. The minimum Gasteiger partial charge on any atom is -0.332 e. The van der Waals surface area contributed by atoms with Crippen LogP contribution in [0.25, 0.3) is 0 Å². The average molecular weight is 279 g/mol. The second-order valence-electron chi connectivity index (χ2n) is 3.93. The topological polar surface area (TPSA) is 34.0 Å². The van der Waals surface area contributed by atoms with E-state index in [0.29, 0.717) is 4.73 Å². The van der Waals surface area contributed by atoms with Crippen LogP contribution in [0.3, 0.4) is 0 Å².